The van der Waals surface area contributed by atoms with Gasteiger partial charge in [0.25, 0.3) is 0 Å². The molecule has 0 bridgehead atoms. The Bertz CT molecular complexity index is 6.85. The molecule has 0 unspecified atom stereocenters. The molecule has 0 heterocycles. The zero-order valence-electron chi connectivity index (χ0n) is 2.30. The smallest absolute Gasteiger partial charge is 2.00 e. The standard InChI is InChI=1S/Nd.3O.Y/q+3;3*-2;+3. The molecule has 25 valence electrons. The average molecular weight is 281 g/mol. The van der Waals surface area contributed by atoms with E-state index in [-0.39, 0.29) is 90.0 Å². The maximum Gasteiger partial charge on any atom is 3.00 e. The van der Waals surface area contributed by atoms with Gasteiger partial charge in [-0.3, -0.25) is 0 Å². The van der Waals surface area contributed by atoms with E-state index in [1.54, 1.807) is 0 Å². The summed E-state index contributed by atoms with van der Waals surface area (Å²) in [7, 11) is 0. The van der Waals surface area contributed by atoms with Crippen molar-refractivity contribution in [3.63, 3.8) is 0 Å². The van der Waals surface area contributed by atoms with Gasteiger partial charge in [-0.05, 0) is 0 Å². The minimum absolute atomic E-state index is 0. The normalized spacial score (nSPS) is 0. The molecule has 3 nitrogen and oxygen atoms in total. The first kappa shape index (κ1) is 54.0. The molecule has 0 aliphatic rings. The van der Waals surface area contributed by atoms with E-state index in [1.807, 2.05) is 0 Å². The van der Waals surface area contributed by atoms with Gasteiger partial charge >= 0.3 is 73.5 Å². The quantitative estimate of drug-likeness (QED) is 0.581. The molecule has 5 heteroatoms. The van der Waals surface area contributed by atoms with Crippen molar-refractivity contribution in [3.05, 3.63) is 0 Å². The minimum atomic E-state index is 0. The second-order valence-electron chi connectivity index (χ2n) is 0. The predicted octanol–water partition coefficient (Wildman–Crippen LogP) is -0.359. The average Bonchev–Trinajstić information content (AvgIpc) is 0. The fourth-order valence-corrected chi connectivity index (χ4v) is 0. The molecule has 0 aliphatic carbocycles. The van der Waals surface area contributed by atoms with Crippen LogP contribution >= 0.6 is 0 Å². The van der Waals surface area contributed by atoms with Crippen LogP contribution in [-0.2, 0) is 49.1 Å². The van der Waals surface area contributed by atoms with Gasteiger partial charge in [0.2, 0.25) is 0 Å². The van der Waals surface area contributed by atoms with Crippen LogP contribution in [0.2, 0.25) is 0 Å². The number of rotatable bonds is 0. The van der Waals surface area contributed by atoms with Gasteiger partial charge in [-0.15, -0.1) is 0 Å². The molecule has 0 saturated heterocycles. The van der Waals surface area contributed by atoms with Crippen LogP contribution in [0.1, 0.15) is 0 Å². The first-order valence-electron chi connectivity index (χ1n) is 0. The van der Waals surface area contributed by atoms with E-state index >= 15 is 0 Å². The Hall–Kier alpha value is 2.33. The van der Waals surface area contributed by atoms with Gasteiger partial charge < -0.3 is 16.4 Å². The van der Waals surface area contributed by atoms with Crippen LogP contribution in [0.25, 0.3) is 0 Å². The Kier molecular flexibility index (Phi) is 357. The van der Waals surface area contributed by atoms with Gasteiger partial charge in [-0.2, -0.15) is 0 Å². The third kappa shape index (κ3) is 21.8. The van der Waals surface area contributed by atoms with E-state index in [0.29, 0.717) is 0 Å². The van der Waals surface area contributed by atoms with Crippen LogP contribution in [0.3, 0.4) is 0 Å². The summed E-state index contributed by atoms with van der Waals surface area (Å²) in [6, 6.07) is 0. The van der Waals surface area contributed by atoms with Gasteiger partial charge in [-0.25, -0.2) is 0 Å². The summed E-state index contributed by atoms with van der Waals surface area (Å²) in [6.45, 7) is 0. The molecule has 0 saturated carbocycles. The maximum atomic E-state index is 0. The second-order valence-corrected chi connectivity index (χ2v) is 0. The summed E-state index contributed by atoms with van der Waals surface area (Å²) in [5, 5.41) is 0. The topological polar surface area (TPSA) is 85.5 Å². The third-order valence-corrected chi connectivity index (χ3v) is 0. The fourth-order valence-electron chi connectivity index (χ4n) is 0. The van der Waals surface area contributed by atoms with Crippen LogP contribution < -0.4 is 0 Å². The Morgan fingerprint density at radius 2 is 0.600 bits per heavy atom. The molecule has 0 amide bonds. The maximum absolute atomic E-state index is 0. The van der Waals surface area contributed by atoms with Gasteiger partial charge in [0.1, 0.15) is 0 Å². The van der Waals surface area contributed by atoms with E-state index < -0.39 is 0 Å². The van der Waals surface area contributed by atoms with Gasteiger partial charge in [0.15, 0.2) is 0 Å². The Morgan fingerprint density at radius 1 is 0.600 bits per heavy atom. The van der Waals surface area contributed by atoms with Crippen LogP contribution in [0.4, 0.5) is 0 Å². The summed E-state index contributed by atoms with van der Waals surface area (Å²) >= 11 is 0. The van der Waals surface area contributed by atoms with Gasteiger partial charge in [0, 0.05) is 0 Å². The Balaban J connectivity index is 0. The predicted molar refractivity (Wildman–Crippen MR) is 2.06 cm³/mol. The SMILES string of the molecule is [Nd+3].[O-2].[O-2].[O-2].[Y+3]. The molecule has 0 rings (SSSR count). The van der Waals surface area contributed by atoms with Gasteiger partial charge in [-0.1, -0.05) is 0 Å². The van der Waals surface area contributed by atoms with E-state index in [4.69, 9.17) is 0 Å². The van der Waals surface area contributed by atoms with Crippen molar-refractivity contribution in [3.8, 4) is 0 Å². The summed E-state index contributed by atoms with van der Waals surface area (Å²) in [5.41, 5.74) is 0. The summed E-state index contributed by atoms with van der Waals surface area (Å²) in [4.78, 5) is 0. The van der Waals surface area contributed by atoms with E-state index in [2.05, 4.69) is 0 Å². The molecule has 0 fully saturated rings. The molecule has 0 atom stereocenters. The Labute approximate surface area is 88.2 Å². The fraction of sp³-hybridized carbons (Fsp3) is 0. The third-order valence-electron chi connectivity index (χ3n) is 0. The van der Waals surface area contributed by atoms with Crippen molar-refractivity contribution in [2.45, 2.75) is 0 Å². The first-order chi connectivity index (χ1) is 0. The second kappa shape index (κ2) is 33.1. The van der Waals surface area contributed by atoms with E-state index in [1.165, 1.54) is 0 Å². The summed E-state index contributed by atoms with van der Waals surface area (Å²) in [6.07, 6.45) is 0. The van der Waals surface area contributed by atoms with Crippen molar-refractivity contribution in [1.82, 2.24) is 0 Å². The van der Waals surface area contributed by atoms with Crippen LogP contribution in [-0.4, -0.2) is 0 Å². The first-order valence-corrected chi connectivity index (χ1v) is 0. The zero-order valence-corrected chi connectivity index (χ0v) is 8.35. The van der Waals surface area contributed by atoms with E-state index in [0.717, 1.165) is 0 Å². The van der Waals surface area contributed by atoms with Crippen molar-refractivity contribution in [2.24, 2.45) is 0 Å². The molecule has 5 heavy (non-hydrogen) atoms. The molecule has 0 aromatic carbocycles. The molecule has 0 aliphatic heterocycles. The van der Waals surface area contributed by atoms with Gasteiger partial charge in [0.05, 0.1) is 0 Å². The van der Waals surface area contributed by atoms with Crippen molar-refractivity contribution in [1.29, 1.82) is 0 Å². The molecular weight excluding hydrogens is 281 g/mol. The van der Waals surface area contributed by atoms with Crippen LogP contribution in [0.5, 0.6) is 0 Å². The summed E-state index contributed by atoms with van der Waals surface area (Å²) < 4.78 is 0. The van der Waals surface area contributed by atoms with Crippen LogP contribution in [0.15, 0.2) is 0 Å². The zero-order chi connectivity index (χ0) is 0. The van der Waals surface area contributed by atoms with Crippen molar-refractivity contribution in [2.75, 3.05) is 0 Å². The molecule has 0 aromatic heterocycles. The summed E-state index contributed by atoms with van der Waals surface area (Å²) in [5.74, 6) is 0. The van der Waals surface area contributed by atoms with Crippen molar-refractivity contribution < 1.29 is 90.0 Å². The molecule has 0 aromatic rings. The monoisotopic (exact) mass is 279 g/mol. The molecular formula is NdO3Y. The molecule has 1 radical (unpaired) electrons. The number of hydrogen-bond acceptors (Lipinski definition) is 0. The largest absolute Gasteiger partial charge is 3.00 e. The molecule has 0 N–H and O–H groups in total. The van der Waals surface area contributed by atoms with Crippen LogP contribution in [0, 0.1) is 40.8 Å². The number of hydrogen-bond donors (Lipinski definition) is 0. The van der Waals surface area contributed by atoms with Crippen molar-refractivity contribution >= 4 is 0 Å². The molecule has 0 spiro atoms. The van der Waals surface area contributed by atoms with E-state index in [9.17, 15) is 0 Å². The Morgan fingerprint density at radius 3 is 0.600 bits per heavy atom. The minimum Gasteiger partial charge on any atom is -2.00 e.